The van der Waals surface area contributed by atoms with Gasteiger partial charge in [-0.05, 0) is 38.3 Å². The molecule has 1 aromatic rings. The highest BCUT2D eigenvalue weighted by Gasteiger charge is 2.19. The molecule has 0 amide bonds. The Morgan fingerprint density at radius 1 is 1.65 bits per heavy atom. The monoisotopic (exact) mass is 276 g/mol. The lowest BCUT2D eigenvalue weighted by atomic mass is 9.97. The third-order valence-electron chi connectivity index (χ3n) is 3.32. The van der Waals surface area contributed by atoms with Crippen LogP contribution in [0.1, 0.15) is 24.8 Å². The van der Waals surface area contributed by atoms with Crippen LogP contribution >= 0.6 is 0 Å². The van der Waals surface area contributed by atoms with Gasteiger partial charge in [-0.1, -0.05) is 0 Å². The van der Waals surface area contributed by atoms with Gasteiger partial charge in [0.25, 0.3) is 5.88 Å². The Morgan fingerprint density at radius 2 is 2.50 bits per heavy atom. The molecule has 0 radical (unpaired) electrons. The van der Waals surface area contributed by atoms with Crippen LogP contribution in [0.25, 0.3) is 0 Å². The Hall–Kier alpha value is -2.20. The fraction of sp³-hybridized carbons (Fsp3) is 0.538. The fourth-order valence-corrected chi connectivity index (χ4v) is 2.24. The van der Waals surface area contributed by atoms with E-state index in [-0.39, 0.29) is 17.1 Å². The molecular formula is C13H16N4O3. The van der Waals surface area contributed by atoms with E-state index in [4.69, 9.17) is 10.00 Å². The molecule has 1 unspecified atom stereocenters. The van der Waals surface area contributed by atoms with Gasteiger partial charge in [0.05, 0.1) is 17.1 Å². The van der Waals surface area contributed by atoms with E-state index in [9.17, 15) is 10.1 Å². The van der Waals surface area contributed by atoms with E-state index in [2.05, 4.69) is 10.3 Å². The van der Waals surface area contributed by atoms with E-state index in [1.54, 1.807) is 0 Å². The standard InChI is InChI=1S/C13H16N4O3/c14-7-11-6-12(17(18)19)13(16-9-11)20-5-3-10-2-1-4-15-8-10/h6,9-10,15H,1-5,8H2. The summed E-state index contributed by atoms with van der Waals surface area (Å²) in [6.07, 6.45) is 4.43. The van der Waals surface area contributed by atoms with Gasteiger partial charge >= 0.3 is 5.69 Å². The molecule has 0 saturated carbocycles. The molecule has 1 aromatic heterocycles. The van der Waals surface area contributed by atoms with Gasteiger partial charge in [-0.25, -0.2) is 4.98 Å². The van der Waals surface area contributed by atoms with Gasteiger partial charge in [0.1, 0.15) is 6.07 Å². The van der Waals surface area contributed by atoms with Gasteiger partial charge in [-0.2, -0.15) is 5.26 Å². The quantitative estimate of drug-likeness (QED) is 0.648. The summed E-state index contributed by atoms with van der Waals surface area (Å²) in [5.41, 5.74) is -0.105. The van der Waals surface area contributed by atoms with Crippen molar-refractivity contribution in [3.05, 3.63) is 27.9 Å². The maximum absolute atomic E-state index is 10.9. The number of hydrogen-bond acceptors (Lipinski definition) is 6. The second-order valence-electron chi connectivity index (χ2n) is 4.77. The summed E-state index contributed by atoms with van der Waals surface area (Å²) in [7, 11) is 0. The van der Waals surface area contributed by atoms with Crippen LogP contribution in [-0.4, -0.2) is 29.6 Å². The zero-order valence-corrected chi connectivity index (χ0v) is 11.0. The average Bonchev–Trinajstić information content (AvgIpc) is 2.48. The average molecular weight is 276 g/mol. The molecule has 1 N–H and O–H groups in total. The first-order chi connectivity index (χ1) is 9.70. The van der Waals surface area contributed by atoms with E-state index in [0.717, 1.165) is 32.4 Å². The number of nitro groups is 1. The van der Waals surface area contributed by atoms with E-state index in [1.807, 2.05) is 6.07 Å². The largest absolute Gasteiger partial charge is 0.473 e. The molecule has 2 rings (SSSR count). The van der Waals surface area contributed by atoms with Crippen LogP contribution in [0.4, 0.5) is 5.69 Å². The van der Waals surface area contributed by atoms with Gasteiger partial charge in [0.2, 0.25) is 0 Å². The summed E-state index contributed by atoms with van der Waals surface area (Å²) < 4.78 is 5.41. The second-order valence-corrected chi connectivity index (χ2v) is 4.77. The van der Waals surface area contributed by atoms with Crippen LogP contribution in [0.15, 0.2) is 12.3 Å². The number of rotatable bonds is 5. The Bertz CT molecular complexity index is 521. The van der Waals surface area contributed by atoms with Crippen molar-refractivity contribution in [2.45, 2.75) is 19.3 Å². The molecule has 2 heterocycles. The molecule has 0 aromatic carbocycles. The highest BCUT2D eigenvalue weighted by atomic mass is 16.6. The first-order valence-electron chi connectivity index (χ1n) is 6.58. The van der Waals surface area contributed by atoms with Crippen molar-refractivity contribution >= 4 is 5.69 Å². The molecule has 1 saturated heterocycles. The molecule has 1 fully saturated rings. The van der Waals surface area contributed by atoms with E-state index in [0.29, 0.717) is 12.5 Å². The first kappa shape index (κ1) is 14.2. The maximum Gasteiger partial charge on any atom is 0.332 e. The molecule has 20 heavy (non-hydrogen) atoms. The van der Waals surface area contributed by atoms with Crippen molar-refractivity contribution in [1.29, 1.82) is 5.26 Å². The molecule has 0 aliphatic carbocycles. The van der Waals surface area contributed by atoms with Gasteiger partial charge in [-0.3, -0.25) is 10.1 Å². The SMILES string of the molecule is N#Cc1cnc(OCCC2CCCNC2)c([N+](=O)[O-])c1. The predicted octanol–water partition coefficient (Wildman–Crippen LogP) is 1.63. The number of hydrogen-bond donors (Lipinski definition) is 1. The van der Waals surface area contributed by atoms with Crippen molar-refractivity contribution in [1.82, 2.24) is 10.3 Å². The summed E-state index contributed by atoms with van der Waals surface area (Å²) in [5, 5.41) is 23.0. The van der Waals surface area contributed by atoms with Gasteiger partial charge in [0.15, 0.2) is 0 Å². The molecule has 7 heteroatoms. The molecule has 1 aliphatic rings. The highest BCUT2D eigenvalue weighted by molar-refractivity contribution is 5.46. The third kappa shape index (κ3) is 3.65. The molecule has 1 aliphatic heterocycles. The molecule has 7 nitrogen and oxygen atoms in total. The number of aromatic nitrogens is 1. The van der Waals surface area contributed by atoms with Crippen LogP contribution < -0.4 is 10.1 Å². The highest BCUT2D eigenvalue weighted by Crippen LogP contribution is 2.25. The summed E-state index contributed by atoms with van der Waals surface area (Å²) in [6, 6.07) is 3.01. The summed E-state index contributed by atoms with van der Waals surface area (Å²) in [6.45, 7) is 2.42. The predicted molar refractivity (Wildman–Crippen MR) is 71.3 cm³/mol. The number of piperidine rings is 1. The summed E-state index contributed by atoms with van der Waals surface area (Å²) in [4.78, 5) is 14.2. The number of nitrogens with one attached hydrogen (secondary N) is 1. The second kappa shape index (κ2) is 6.82. The minimum absolute atomic E-state index is 0.0160. The lowest BCUT2D eigenvalue weighted by Gasteiger charge is -2.22. The van der Waals surface area contributed by atoms with Crippen LogP contribution in [0.2, 0.25) is 0 Å². The molecular weight excluding hydrogens is 260 g/mol. The fourth-order valence-electron chi connectivity index (χ4n) is 2.24. The lowest BCUT2D eigenvalue weighted by Crippen LogP contribution is -2.30. The number of nitrogens with zero attached hydrogens (tertiary/aromatic N) is 3. The van der Waals surface area contributed by atoms with Gasteiger partial charge in [-0.15, -0.1) is 0 Å². The van der Waals surface area contributed by atoms with Crippen LogP contribution in [0, 0.1) is 27.4 Å². The first-order valence-corrected chi connectivity index (χ1v) is 6.58. The number of nitriles is 1. The van der Waals surface area contributed by atoms with Gasteiger partial charge < -0.3 is 10.1 Å². The third-order valence-corrected chi connectivity index (χ3v) is 3.32. The van der Waals surface area contributed by atoms with Crippen molar-refractivity contribution < 1.29 is 9.66 Å². The van der Waals surface area contributed by atoms with Crippen LogP contribution in [-0.2, 0) is 0 Å². The zero-order valence-electron chi connectivity index (χ0n) is 11.0. The van der Waals surface area contributed by atoms with Crippen molar-refractivity contribution in [3.8, 4) is 11.9 Å². The number of pyridine rings is 1. The Balaban J connectivity index is 1.94. The van der Waals surface area contributed by atoms with E-state index < -0.39 is 4.92 Å². The maximum atomic E-state index is 10.9. The van der Waals surface area contributed by atoms with Crippen LogP contribution in [0.5, 0.6) is 5.88 Å². The minimum Gasteiger partial charge on any atom is -0.473 e. The topological polar surface area (TPSA) is 101 Å². The molecule has 1 atom stereocenters. The molecule has 0 bridgehead atoms. The Kier molecular flexibility index (Phi) is 4.85. The summed E-state index contributed by atoms with van der Waals surface area (Å²) in [5.74, 6) is 0.527. The van der Waals surface area contributed by atoms with Crippen molar-refractivity contribution in [2.24, 2.45) is 5.92 Å². The Labute approximate surface area is 116 Å². The summed E-state index contributed by atoms with van der Waals surface area (Å²) >= 11 is 0. The Morgan fingerprint density at radius 3 is 3.15 bits per heavy atom. The van der Waals surface area contributed by atoms with Crippen molar-refractivity contribution in [2.75, 3.05) is 19.7 Å². The zero-order chi connectivity index (χ0) is 14.4. The molecule has 0 spiro atoms. The van der Waals surface area contributed by atoms with Gasteiger partial charge in [0, 0.05) is 12.3 Å². The number of ether oxygens (including phenoxy) is 1. The van der Waals surface area contributed by atoms with E-state index >= 15 is 0 Å². The lowest BCUT2D eigenvalue weighted by molar-refractivity contribution is -0.386. The van der Waals surface area contributed by atoms with Crippen LogP contribution in [0.3, 0.4) is 0 Å². The van der Waals surface area contributed by atoms with Crippen molar-refractivity contribution in [3.63, 3.8) is 0 Å². The smallest absolute Gasteiger partial charge is 0.332 e. The molecule has 106 valence electrons. The van der Waals surface area contributed by atoms with E-state index in [1.165, 1.54) is 12.3 Å². The minimum atomic E-state index is -0.578. The normalized spacial score (nSPS) is 18.2.